The normalized spacial score (nSPS) is 9.82. The van der Waals surface area contributed by atoms with Gasteiger partial charge in [0.15, 0.2) is 5.84 Å². The average molecular weight is 318 g/mol. The highest BCUT2D eigenvalue weighted by Crippen LogP contribution is 2.24. The number of amidine groups is 1. The predicted molar refractivity (Wildman–Crippen MR) is 70.1 cm³/mol. The molecular weight excluding hydrogens is 306 g/mol. The maximum absolute atomic E-state index is 10.6. The molecule has 0 aliphatic rings. The van der Waals surface area contributed by atoms with Crippen LogP contribution in [0.15, 0.2) is 21.6 Å². The zero-order valence-electron chi connectivity index (χ0n) is 9.41. The fourth-order valence-electron chi connectivity index (χ4n) is 1.05. The van der Waals surface area contributed by atoms with Gasteiger partial charge in [-0.3, -0.25) is 15.2 Å². The third-order valence-corrected chi connectivity index (χ3v) is 3.00. The quantitative estimate of drug-likeness (QED) is 0.387. The second-order valence-corrected chi connectivity index (χ2v) is 5.23. The first-order chi connectivity index (χ1) is 8.04. The number of thioether (sulfide) groups is 1. The fourth-order valence-corrected chi connectivity index (χ4v) is 2.34. The van der Waals surface area contributed by atoms with Crippen LogP contribution in [0, 0.1) is 5.41 Å². The van der Waals surface area contributed by atoms with Gasteiger partial charge < -0.3 is 4.84 Å². The van der Waals surface area contributed by atoms with Crippen molar-refractivity contribution in [3.8, 4) is 0 Å². The third kappa shape index (κ3) is 4.35. The van der Waals surface area contributed by atoms with E-state index >= 15 is 0 Å². The van der Waals surface area contributed by atoms with E-state index in [9.17, 15) is 4.79 Å². The lowest BCUT2D eigenvalue weighted by Crippen LogP contribution is -2.27. The Kier molecular flexibility index (Phi) is 5.43. The van der Waals surface area contributed by atoms with Crippen molar-refractivity contribution in [3.63, 3.8) is 0 Å². The highest BCUT2D eigenvalue weighted by Gasteiger charge is 2.11. The molecule has 1 aromatic heterocycles. The van der Waals surface area contributed by atoms with Crippen LogP contribution in [0.1, 0.15) is 19.5 Å². The molecule has 1 aromatic rings. The Bertz CT molecular complexity index is 440. The van der Waals surface area contributed by atoms with E-state index in [2.05, 4.69) is 31.2 Å². The highest BCUT2D eigenvalue weighted by atomic mass is 79.9. The molecular formula is C10H12BrN3O2S. The minimum absolute atomic E-state index is 0.0383. The van der Waals surface area contributed by atoms with Gasteiger partial charge in [0.25, 0.3) is 0 Å². The molecule has 7 heteroatoms. The molecule has 0 amide bonds. The molecule has 0 saturated heterocycles. The van der Waals surface area contributed by atoms with Crippen LogP contribution in [0.5, 0.6) is 0 Å². The molecule has 92 valence electrons. The van der Waals surface area contributed by atoms with Crippen LogP contribution in [0.2, 0.25) is 0 Å². The summed E-state index contributed by atoms with van der Waals surface area (Å²) in [6.07, 6.45) is 1.60. The van der Waals surface area contributed by atoms with Gasteiger partial charge in [0, 0.05) is 22.5 Å². The summed E-state index contributed by atoms with van der Waals surface area (Å²) in [7, 11) is 0. The number of aromatic nitrogens is 1. The number of rotatable bonds is 3. The monoisotopic (exact) mass is 317 g/mol. The summed E-state index contributed by atoms with van der Waals surface area (Å²) in [4.78, 5) is 20.2. The lowest BCUT2D eigenvalue weighted by molar-refractivity contribution is -0.145. The van der Waals surface area contributed by atoms with Crippen molar-refractivity contribution in [1.82, 2.24) is 10.5 Å². The Balaban J connectivity index is 2.87. The van der Waals surface area contributed by atoms with Gasteiger partial charge in [-0.15, -0.1) is 11.8 Å². The summed E-state index contributed by atoms with van der Waals surface area (Å²) >= 11 is 4.89. The Morgan fingerprint density at radius 1 is 1.71 bits per heavy atom. The first-order valence-corrected chi connectivity index (χ1v) is 6.63. The van der Waals surface area contributed by atoms with Crippen LogP contribution in [0.25, 0.3) is 0 Å². The fraction of sp³-hybridized carbons (Fsp3) is 0.300. The molecule has 1 heterocycles. The van der Waals surface area contributed by atoms with Gasteiger partial charge in [0.1, 0.15) is 5.69 Å². The zero-order valence-corrected chi connectivity index (χ0v) is 11.8. The maximum atomic E-state index is 10.6. The van der Waals surface area contributed by atoms with E-state index in [0.717, 1.165) is 15.1 Å². The van der Waals surface area contributed by atoms with E-state index < -0.39 is 5.97 Å². The van der Waals surface area contributed by atoms with Gasteiger partial charge >= 0.3 is 5.97 Å². The van der Waals surface area contributed by atoms with Crippen LogP contribution >= 0.6 is 27.7 Å². The SMILES string of the molecule is CCSc1cc(Br)cnc1C(=N)NOC(C)=O. The van der Waals surface area contributed by atoms with E-state index in [4.69, 9.17) is 5.41 Å². The second-order valence-electron chi connectivity index (χ2n) is 3.00. The number of carbonyl (C=O) groups excluding carboxylic acids is 1. The van der Waals surface area contributed by atoms with Crippen molar-refractivity contribution in [2.24, 2.45) is 0 Å². The minimum atomic E-state index is -0.503. The van der Waals surface area contributed by atoms with Gasteiger partial charge in [0.2, 0.25) is 0 Å². The van der Waals surface area contributed by atoms with Gasteiger partial charge in [-0.2, -0.15) is 5.48 Å². The Morgan fingerprint density at radius 2 is 2.41 bits per heavy atom. The summed E-state index contributed by atoms with van der Waals surface area (Å²) < 4.78 is 0.845. The number of hydrogen-bond acceptors (Lipinski definition) is 5. The van der Waals surface area contributed by atoms with Crippen molar-refractivity contribution >= 4 is 39.5 Å². The number of halogens is 1. The molecule has 0 radical (unpaired) electrons. The molecule has 0 fully saturated rings. The van der Waals surface area contributed by atoms with Crippen LogP contribution < -0.4 is 5.48 Å². The number of nitrogens with zero attached hydrogens (tertiary/aromatic N) is 1. The van der Waals surface area contributed by atoms with Crippen molar-refractivity contribution in [3.05, 3.63) is 22.4 Å². The highest BCUT2D eigenvalue weighted by molar-refractivity contribution is 9.10. The first kappa shape index (κ1) is 14.0. The molecule has 0 aliphatic heterocycles. The van der Waals surface area contributed by atoms with Crippen LogP contribution in [-0.2, 0) is 9.63 Å². The molecule has 0 spiro atoms. The second kappa shape index (κ2) is 6.61. The van der Waals surface area contributed by atoms with E-state index in [1.807, 2.05) is 13.0 Å². The summed E-state index contributed by atoms with van der Waals surface area (Å²) in [5.41, 5.74) is 2.72. The van der Waals surface area contributed by atoms with Gasteiger partial charge in [-0.1, -0.05) is 6.92 Å². The lowest BCUT2D eigenvalue weighted by atomic mass is 10.3. The molecule has 0 unspecified atom stereocenters. The smallest absolute Gasteiger partial charge is 0.329 e. The van der Waals surface area contributed by atoms with Gasteiger partial charge in [0.05, 0.1) is 0 Å². The lowest BCUT2D eigenvalue weighted by Gasteiger charge is -2.10. The van der Waals surface area contributed by atoms with Crippen molar-refractivity contribution in [1.29, 1.82) is 5.41 Å². The van der Waals surface area contributed by atoms with Crippen molar-refractivity contribution in [2.75, 3.05) is 5.75 Å². The number of hydrogen-bond donors (Lipinski definition) is 2. The van der Waals surface area contributed by atoms with Crippen molar-refractivity contribution < 1.29 is 9.63 Å². The number of carbonyl (C=O) groups is 1. The van der Waals surface area contributed by atoms with Crippen LogP contribution in [0.4, 0.5) is 0 Å². The topological polar surface area (TPSA) is 75.1 Å². The molecule has 5 nitrogen and oxygen atoms in total. The zero-order chi connectivity index (χ0) is 12.8. The Hall–Kier alpha value is -1.08. The predicted octanol–water partition coefficient (Wildman–Crippen LogP) is 2.35. The Labute approximate surface area is 112 Å². The molecule has 0 aromatic carbocycles. The summed E-state index contributed by atoms with van der Waals surface area (Å²) in [6, 6.07) is 1.88. The van der Waals surface area contributed by atoms with Gasteiger partial charge in [-0.25, -0.2) is 0 Å². The minimum Gasteiger partial charge on any atom is -0.342 e. The number of hydroxylamine groups is 1. The summed E-state index contributed by atoms with van der Waals surface area (Å²) in [5.74, 6) is 0.326. The van der Waals surface area contributed by atoms with E-state index in [-0.39, 0.29) is 5.84 Å². The molecule has 0 saturated carbocycles. The molecule has 1 rings (SSSR count). The van der Waals surface area contributed by atoms with Crippen LogP contribution in [-0.4, -0.2) is 22.5 Å². The molecule has 0 bridgehead atoms. The summed E-state index contributed by atoms with van der Waals surface area (Å²) in [5, 5.41) is 7.73. The van der Waals surface area contributed by atoms with Crippen molar-refractivity contribution in [2.45, 2.75) is 18.7 Å². The van der Waals surface area contributed by atoms with Gasteiger partial charge in [-0.05, 0) is 27.7 Å². The average Bonchev–Trinajstić information content (AvgIpc) is 2.26. The Morgan fingerprint density at radius 3 is 3.00 bits per heavy atom. The van der Waals surface area contributed by atoms with E-state index in [1.54, 1.807) is 18.0 Å². The van der Waals surface area contributed by atoms with E-state index in [0.29, 0.717) is 5.69 Å². The first-order valence-electron chi connectivity index (χ1n) is 4.85. The van der Waals surface area contributed by atoms with E-state index in [1.165, 1.54) is 6.92 Å². The third-order valence-electron chi connectivity index (χ3n) is 1.65. The molecule has 2 N–H and O–H groups in total. The maximum Gasteiger partial charge on any atom is 0.329 e. The summed E-state index contributed by atoms with van der Waals surface area (Å²) in [6.45, 7) is 3.27. The number of pyridine rings is 1. The molecule has 17 heavy (non-hydrogen) atoms. The number of nitrogens with one attached hydrogen (secondary N) is 2. The molecule has 0 aliphatic carbocycles. The van der Waals surface area contributed by atoms with Crippen LogP contribution in [0.3, 0.4) is 0 Å². The molecule has 0 atom stereocenters. The largest absolute Gasteiger partial charge is 0.342 e. The standard InChI is InChI=1S/C10H12BrN3O2S/c1-3-17-8-4-7(11)5-13-9(8)10(12)14-16-6(2)15/h4-5H,3H2,1-2H3,(H2,12,14).